The van der Waals surface area contributed by atoms with E-state index in [0.29, 0.717) is 6.54 Å². The molecule has 0 aliphatic carbocycles. The van der Waals surface area contributed by atoms with Gasteiger partial charge >= 0.3 is 5.97 Å². The molecule has 108 valence electrons. The maximum atomic E-state index is 12.1. The molecule has 2 N–H and O–H groups in total. The zero-order valence-corrected chi connectivity index (χ0v) is 11.4. The van der Waals surface area contributed by atoms with Gasteiger partial charge in [0.25, 0.3) is 0 Å². The predicted molar refractivity (Wildman–Crippen MR) is 69.7 cm³/mol. The van der Waals surface area contributed by atoms with Gasteiger partial charge < -0.3 is 15.2 Å². The number of rotatable bonds is 7. The van der Waals surface area contributed by atoms with Crippen molar-refractivity contribution in [1.82, 2.24) is 5.32 Å². The molecule has 2 saturated heterocycles. The predicted octanol–water partition coefficient (Wildman–Crippen LogP) is 1.56. The van der Waals surface area contributed by atoms with Gasteiger partial charge in [-0.05, 0) is 19.3 Å². The summed E-state index contributed by atoms with van der Waals surface area (Å²) >= 11 is 0. The maximum Gasteiger partial charge on any atom is 0.310 e. The molecule has 2 heterocycles. The lowest BCUT2D eigenvalue weighted by Gasteiger charge is -2.23. The van der Waals surface area contributed by atoms with E-state index < -0.39 is 17.8 Å². The van der Waals surface area contributed by atoms with E-state index in [1.165, 1.54) is 6.42 Å². The minimum Gasteiger partial charge on any atom is -0.481 e. The van der Waals surface area contributed by atoms with Gasteiger partial charge in [-0.25, -0.2) is 0 Å². The van der Waals surface area contributed by atoms with E-state index in [9.17, 15) is 14.7 Å². The second kappa shape index (κ2) is 6.37. The zero-order valence-electron chi connectivity index (χ0n) is 11.4. The zero-order chi connectivity index (χ0) is 13.8. The molecule has 2 fully saturated rings. The Balaban J connectivity index is 1.82. The SMILES string of the molecule is CCCCCCNC(=O)C1C(C(=O)O)[C@@H]2CC[C@H]1O2. The quantitative estimate of drug-likeness (QED) is 0.688. The number of hydrogen-bond acceptors (Lipinski definition) is 3. The summed E-state index contributed by atoms with van der Waals surface area (Å²) < 4.78 is 5.58. The summed E-state index contributed by atoms with van der Waals surface area (Å²) in [5, 5.41) is 12.1. The van der Waals surface area contributed by atoms with Crippen LogP contribution in [0.25, 0.3) is 0 Å². The molecule has 0 aromatic heterocycles. The van der Waals surface area contributed by atoms with Crippen molar-refractivity contribution in [2.75, 3.05) is 6.54 Å². The van der Waals surface area contributed by atoms with E-state index >= 15 is 0 Å². The molecule has 0 aromatic rings. The number of carbonyl (C=O) groups excluding carboxylic acids is 1. The highest BCUT2D eigenvalue weighted by atomic mass is 16.5. The number of nitrogens with one attached hydrogen (secondary N) is 1. The molecule has 0 aromatic carbocycles. The second-order valence-electron chi connectivity index (χ2n) is 5.53. The fourth-order valence-electron chi connectivity index (χ4n) is 3.21. The first-order valence-electron chi connectivity index (χ1n) is 7.31. The van der Waals surface area contributed by atoms with Crippen LogP contribution in [0.1, 0.15) is 45.4 Å². The Morgan fingerprint density at radius 3 is 2.47 bits per heavy atom. The molecule has 2 aliphatic rings. The summed E-state index contributed by atoms with van der Waals surface area (Å²) in [6.45, 7) is 2.78. The molecular formula is C14H23NO4. The van der Waals surface area contributed by atoms with Crippen LogP contribution < -0.4 is 5.32 Å². The Kier molecular flexibility index (Phi) is 4.80. The minimum absolute atomic E-state index is 0.143. The van der Waals surface area contributed by atoms with Crippen molar-refractivity contribution in [2.24, 2.45) is 11.8 Å². The van der Waals surface area contributed by atoms with Crippen molar-refractivity contribution >= 4 is 11.9 Å². The van der Waals surface area contributed by atoms with Crippen LogP contribution in [0.2, 0.25) is 0 Å². The second-order valence-corrected chi connectivity index (χ2v) is 5.53. The molecule has 5 nitrogen and oxygen atoms in total. The molecular weight excluding hydrogens is 246 g/mol. The van der Waals surface area contributed by atoms with E-state index in [2.05, 4.69) is 12.2 Å². The topological polar surface area (TPSA) is 75.6 Å². The Labute approximate surface area is 113 Å². The third-order valence-electron chi connectivity index (χ3n) is 4.19. The molecule has 19 heavy (non-hydrogen) atoms. The van der Waals surface area contributed by atoms with Gasteiger partial charge in [-0.3, -0.25) is 9.59 Å². The number of fused-ring (bicyclic) bond motifs is 2. The van der Waals surface area contributed by atoms with Gasteiger partial charge in [0.15, 0.2) is 0 Å². The first-order valence-corrected chi connectivity index (χ1v) is 7.31. The fraction of sp³-hybridized carbons (Fsp3) is 0.857. The summed E-state index contributed by atoms with van der Waals surface area (Å²) in [4.78, 5) is 23.4. The largest absolute Gasteiger partial charge is 0.481 e. The number of unbranched alkanes of at least 4 members (excludes halogenated alkanes) is 3. The normalized spacial score (nSPS) is 32.5. The summed E-state index contributed by atoms with van der Waals surface area (Å²) in [5.41, 5.74) is 0. The molecule has 1 amide bonds. The third-order valence-corrected chi connectivity index (χ3v) is 4.19. The highest BCUT2D eigenvalue weighted by molar-refractivity contribution is 5.86. The number of hydrogen-bond donors (Lipinski definition) is 2. The average molecular weight is 269 g/mol. The number of carboxylic acid groups (broad SMARTS) is 1. The van der Waals surface area contributed by atoms with Gasteiger partial charge in [0.2, 0.25) is 5.91 Å². The maximum absolute atomic E-state index is 12.1. The molecule has 2 bridgehead atoms. The van der Waals surface area contributed by atoms with Crippen LogP contribution in [0.5, 0.6) is 0 Å². The van der Waals surface area contributed by atoms with Crippen molar-refractivity contribution in [2.45, 2.75) is 57.7 Å². The summed E-state index contributed by atoms with van der Waals surface area (Å²) in [6.07, 6.45) is 5.51. The Morgan fingerprint density at radius 1 is 1.16 bits per heavy atom. The Morgan fingerprint density at radius 2 is 1.84 bits per heavy atom. The van der Waals surface area contributed by atoms with Gasteiger partial charge in [0.1, 0.15) is 0 Å². The highest BCUT2D eigenvalue weighted by Crippen LogP contribution is 2.43. The molecule has 0 saturated carbocycles. The lowest BCUT2D eigenvalue weighted by molar-refractivity contribution is -0.147. The number of carboxylic acids is 1. The highest BCUT2D eigenvalue weighted by Gasteiger charge is 2.55. The molecule has 2 unspecified atom stereocenters. The van der Waals surface area contributed by atoms with Crippen molar-refractivity contribution in [3.63, 3.8) is 0 Å². The molecule has 2 aliphatic heterocycles. The number of aliphatic carboxylic acids is 1. The van der Waals surface area contributed by atoms with Crippen LogP contribution in [0.3, 0.4) is 0 Å². The van der Waals surface area contributed by atoms with Crippen LogP contribution in [0.15, 0.2) is 0 Å². The van der Waals surface area contributed by atoms with E-state index in [1.54, 1.807) is 0 Å². The minimum atomic E-state index is -0.904. The first kappa shape index (κ1) is 14.3. The summed E-state index contributed by atoms with van der Waals surface area (Å²) in [7, 11) is 0. The lowest BCUT2D eigenvalue weighted by Crippen LogP contribution is -2.44. The van der Waals surface area contributed by atoms with Crippen LogP contribution in [0.4, 0.5) is 0 Å². The summed E-state index contributed by atoms with van der Waals surface area (Å²) in [6, 6.07) is 0. The van der Waals surface area contributed by atoms with Gasteiger partial charge in [0.05, 0.1) is 24.0 Å². The molecule has 4 atom stereocenters. The first-order chi connectivity index (χ1) is 9.15. The standard InChI is InChI=1S/C14H23NO4/c1-2-3-4-5-8-15-13(16)11-9-6-7-10(19-9)12(11)14(17)18/h9-12H,2-8H2,1H3,(H,15,16)(H,17,18)/t9-,10+,11?,12?/m1/s1. The van der Waals surface area contributed by atoms with Crippen molar-refractivity contribution in [3.05, 3.63) is 0 Å². The van der Waals surface area contributed by atoms with Crippen molar-refractivity contribution < 1.29 is 19.4 Å². The van der Waals surface area contributed by atoms with Crippen molar-refractivity contribution in [1.29, 1.82) is 0 Å². The Bertz CT molecular complexity index is 344. The van der Waals surface area contributed by atoms with Crippen LogP contribution in [-0.2, 0) is 14.3 Å². The van der Waals surface area contributed by atoms with E-state index in [4.69, 9.17) is 4.74 Å². The molecule has 0 spiro atoms. The van der Waals surface area contributed by atoms with Crippen LogP contribution in [-0.4, -0.2) is 35.7 Å². The van der Waals surface area contributed by atoms with Gasteiger partial charge in [-0.2, -0.15) is 0 Å². The monoisotopic (exact) mass is 269 g/mol. The molecule has 2 rings (SSSR count). The smallest absolute Gasteiger partial charge is 0.310 e. The molecule has 5 heteroatoms. The number of carbonyl (C=O) groups is 2. The van der Waals surface area contributed by atoms with E-state index in [1.807, 2.05) is 0 Å². The van der Waals surface area contributed by atoms with E-state index in [-0.39, 0.29) is 18.1 Å². The van der Waals surface area contributed by atoms with Gasteiger partial charge in [-0.15, -0.1) is 0 Å². The third kappa shape index (κ3) is 3.08. The van der Waals surface area contributed by atoms with E-state index in [0.717, 1.165) is 32.1 Å². The number of ether oxygens (including phenoxy) is 1. The fourth-order valence-corrected chi connectivity index (χ4v) is 3.21. The van der Waals surface area contributed by atoms with Gasteiger partial charge in [0, 0.05) is 6.54 Å². The number of amides is 1. The van der Waals surface area contributed by atoms with Crippen LogP contribution in [0, 0.1) is 11.8 Å². The van der Waals surface area contributed by atoms with Crippen LogP contribution >= 0.6 is 0 Å². The average Bonchev–Trinajstić information content (AvgIpc) is 2.98. The summed E-state index contributed by atoms with van der Waals surface area (Å²) in [5.74, 6) is -2.20. The molecule has 0 radical (unpaired) electrons. The lowest BCUT2D eigenvalue weighted by atomic mass is 9.78. The Hall–Kier alpha value is -1.10. The van der Waals surface area contributed by atoms with Crippen molar-refractivity contribution in [3.8, 4) is 0 Å². The van der Waals surface area contributed by atoms with Gasteiger partial charge in [-0.1, -0.05) is 26.2 Å².